The molecule has 0 saturated carbocycles. The van der Waals surface area contributed by atoms with E-state index in [0.29, 0.717) is 12.2 Å². The third-order valence-electron chi connectivity index (χ3n) is 10.8. The average molecular weight is 909 g/mol. The van der Waals surface area contributed by atoms with Gasteiger partial charge in [-0.3, -0.25) is 0 Å². The van der Waals surface area contributed by atoms with Crippen molar-refractivity contribution in [1.29, 1.82) is 0 Å². The van der Waals surface area contributed by atoms with E-state index in [1.165, 1.54) is 210 Å². The van der Waals surface area contributed by atoms with Crippen molar-refractivity contribution in [3.05, 3.63) is 0 Å². The summed E-state index contributed by atoms with van der Waals surface area (Å²) in [6.07, 6.45) is 40.7. The molecule has 0 aromatic heterocycles. The first-order valence-electron chi connectivity index (χ1n) is 22.9. The van der Waals surface area contributed by atoms with Crippen LogP contribution in [0.5, 0.6) is 0 Å². The van der Waals surface area contributed by atoms with Gasteiger partial charge in [0.25, 0.3) is 0 Å². The van der Waals surface area contributed by atoms with Crippen LogP contribution in [-0.4, -0.2) is 50.6 Å². The molecule has 0 radical (unpaired) electrons. The van der Waals surface area contributed by atoms with Crippen molar-refractivity contribution in [2.45, 2.75) is 278 Å². The predicted octanol–water partition coefficient (Wildman–Crippen LogP) is 16.5. The Labute approximate surface area is 321 Å². The fourth-order valence-electron chi connectivity index (χ4n) is 7.61. The first-order valence-corrected chi connectivity index (χ1v) is 35.6. The Morgan fingerprint density at radius 3 is 0.776 bits per heavy atom. The van der Waals surface area contributed by atoms with E-state index in [9.17, 15) is 0 Å². The molecule has 0 aliphatic carbocycles. The summed E-state index contributed by atoms with van der Waals surface area (Å²) in [5, 5.41) is 0. The van der Waals surface area contributed by atoms with Gasteiger partial charge in [0.2, 0.25) is 0 Å². The summed E-state index contributed by atoms with van der Waals surface area (Å²) in [6, 6.07) is 0. The van der Waals surface area contributed by atoms with Crippen LogP contribution in [0.15, 0.2) is 0 Å². The Kier molecular flexibility index (Phi) is 37.6. The van der Waals surface area contributed by atoms with E-state index in [1.54, 1.807) is 0 Å². The van der Waals surface area contributed by atoms with Gasteiger partial charge in [-0.25, -0.2) is 0 Å². The molecule has 0 rings (SSSR count). The fourth-order valence-corrected chi connectivity index (χ4v) is 50.3. The van der Waals surface area contributed by atoms with Crippen molar-refractivity contribution >= 4 is 38.4 Å². The van der Waals surface area contributed by atoms with Crippen LogP contribution in [0.4, 0.5) is 0 Å². The van der Waals surface area contributed by atoms with Crippen LogP contribution in [-0.2, 0) is 7.56 Å². The zero-order chi connectivity index (χ0) is 36.3. The maximum absolute atomic E-state index is 8.21. The van der Waals surface area contributed by atoms with Gasteiger partial charge in [0.05, 0.1) is 0 Å². The number of hydrogen-bond donors (Lipinski definition) is 0. The Morgan fingerprint density at radius 1 is 0.306 bits per heavy atom. The topological polar surface area (TPSA) is 27.7 Å². The van der Waals surface area contributed by atoms with Crippen LogP contribution in [0.3, 0.4) is 0 Å². The van der Waals surface area contributed by atoms with E-state index in [2.05, 4.69) is 55.4 Å². The van der Waals surface area contributed by atoms with Crippen LogP contribution < -0.4 is 0 Å². The van der Waals surface area contributed by atoms with E-state index in [4.69, 9.17) is 7.56 Å². The van der Waals surface area contributed by atoms with Crippen molar-refractivity contribution < 1.29 is 7.56 Å². The van der Waals surface area contributed by atoms with Gasteiger partial charge < -0.3 is 0 Å². The molecule has 3 nitrogen and oxygen atoms in total. The van der Waals surface area contributed by atoms with E-state index < -0.39 is 38.4 Å². The summed E-state index contributed by atoms with van der Waals surface area (Å²) in [5.41, 5.74) is 0. The van der Waals surface area contributed by atoms with Crippen molar-refractivity contribution in [2.75, 3.05) is 0 Å². The standard InChI is InChI=1S/4C8H17.2C6H13O.O.2Sn/c4*1-3-5-7-8-6-4-2;2*1-3-4-5-6(2)7;;;/h4*1,3-8H2,2H3;2*6H,3-5H2,1-2H3;;;/q;;;;2*-1;;2*+1. The van der Waals surface area contributed by atoms with Crippen LogP contribution in [0.1, 0.15) is 248 Å². The molecule has 2 atom stereocenters. The molecule has 5 heteroatoms. The van der Waals surface area contributed by atoms with Gasteiger partial charge in [-0.15, -0.1) is 0 Å². The van der Waals surface area contributed by atoms with Crippen molar-refractivity contribution in [2.24, 2.45) is 0 Å². The summed E-state index contributed by atoms with van der Waals surface area (Å²) < 4.78 is 28.5. The van der Waals surface area contributed by atoms with Crippen LogP contribution in [0, 0.1) is 0 Å². The molecule has 0 aromatic carbocycles. The summed E-state index contributed by atoms with van der Waals surface area (Å²) in [7, 11) is 0. The van der Waals surface area contributed by atoms with Gasteiger partial charge in [0.1, 0.15) is 0 Å². The third kappa shape index (κ3) is 29.5. The first-order chi connectivity index (χ1) is 23.9. The van der Waals surface area contributed by atoms with Crippen molar-refractivity contribution in [3.8, 4) is 0 Å². The molecule has 0 saturated heterocycles. The van der Waals surface area contributed by atoms with Gasteiger partial charge in [-0.2, -0.15) is 0 Å². The molecular weight excluding hydrogens is 814 g/mol. The van der Waals surface area contributed by atoms with E-state index in [-0.39, 0.29) is 0 Å². The molecule has 0 fully saturated rings. The van der Waals surface area contributed by atoms with Gasteiger partial charge in [-0.1, -0.05) is 0 Å². The van der Waals surface area contributed by atoms with Crippen molar-refractivity contribution in [3.63, 3.8) is 0 Å². The fraction of sp³-hybridized carbons (Fsp3) is 1.00. The average Bonchev–Trinajstić information content (AvgIpc) is 3.09. The molecule has 0 heterocycles. The third-order valence-corrected chi connectivity index (χ3v) is 44.6. The molecule has 0 spiro atoms. The molecule has 0 bridgehead atoms. The second-order valence-electron chi connectivity index (χ2n) is 16.1. The summed E-state index contributed by atoms with van der Waals surface area (Å²) in [6.45, 7) is 18.8. The molecule has 49 heavy (non-hydrogen) atoms. The Bertz CT molecular complexity index is 574. The predicted molar refractivity (Wildman–Crippen MR) is 225 cm³/mol. The van der Waals surface area contributed by atoms with E-state index in [1.807, 2.05) is 0 Å². The zero-order valence-electron chi connectivity index (χ0n) is 35.4. The maximum atomic E-state index is 8.21. The van der Waals surface area contributed by atoms with E-state index >= 15 is 0 Å². The quantitative estimate of drug-likeness (QED) is 0.0453. The minimum atomic E-state index is -3.50. The van der Waals surface area contributed by atoms with Crippen LogP contribution in [0.2, 0.25) is 17.7 Å². The molecule has 296 valence electrons. The number of hydrogen-bond acceptors (Lipinski definition) is 3. The second-order valence-corrected chi connectivity index (χ2v) is 38.1. The molecular formula is C44H94O3Sn2. The molecule has 0 aromatic rings. The summed E-state index contributed by atoms with van der Waals surface area (Å²) in [4.78, 5) is 0. The van der Waals surface area contributed by atoms with Crippen LogP contribution in [0.25, 0.3) is 0 Å². The zero-order valence-corrected chi connectivity index (χ0v) is 41.1. The van der Waals surface area contributed by atoms with Gasteiger partial charge in [0.15, 0.2) is 0 Å². The van der Waals surface area contributed by atoms with Gasteiger partial charge in [-0.05, 0) is 0 Å². The first kappa shape index (κ1) is 50.5. The molecule has 0 aliphatic heterocycles. The minimum absolute atomic E-state index is 0.334. The molecule has 0 amide bonds. The second kappa shape index (κ2) is 36.5. The number of rotatable bonds is 40. The Balaban J connectivity index is 6.54. The number of unbranched alkanes of at least 4 members (excludes halogenated alkanes) is 22. The van der Waals surface area contributed by atoms with Crippen molar-refractivity contribution in [1.82, 2.24) is 0 Å². The Hall–Kier alpha value is 1.48. The SMILES string of the molecule is CCCCCCC[CH2][Sn]([CH2]CCCCCCC)([O]C(C)CCCC)[O][Sn]([CH2]CCCCCCC)([CH2]CCCCCCC)[O]C(C)CCCC. The van der Waals surface area contributed by atoms with Gasteiger partial charge in [0, 0.05) is 0 Å². The monoisotopic (exact) mass is 911 g/mol. The van der Waals surface area contributed by atoms with Gasteiger partial charge >= 0.3 is 324 Å². The van der Waals surface area contributed by atoms with E-state index in [0.717, 1.165) is 0 Å². The summed E-state index contributed by atoms with van der Waals surface area (Å²) in [5.74, 6) is 0. The van der Waals surface area contributed by atoms with Crippen LogP contribution >= 0.6 is 0 Å². The molecule has 0 N–H and O–H groups in total. The molecule has 2 unspecified atom stereocenters. The summed E-state index contributed by atoms with van der Waals surface area (Å²) >= 11 is -7.00. The Morgan fingerprint density at radius 2 is 0.531 bits per heavy atom. The normalized spacial score (nSPS) is 13.7. The molecule has 0 aliphatic rings.